The SMILES string of the molecule is O=C1NC2(CO1)CN(C(=O)c1sc3cc(Br)cc(F)c3c1Cl)C2. The van der Waals surface area contributed by atoms with E-state index in [1.165, 1.54) is 6.07 Å². The van der Waals surface area contributed by atoms with Crippen LogP contribution in [0.4, 0.5) is 9.18 Å². The molecule has 4 rings (SSSR count). The molecule has 2 amide bonds. The molecule has 120 valence electrons. The molecule has 2 fully saturated rings. The van der Waals surface area contributed by atoms with Gasteiger partial charge in [0.1, 0.15) is 22.8 Å². The van der Waals surface area contributed by atoms with Gasteiger partial charge in [0.05, 0.1) is 5.02 Å². The highest BCUT2D eigenvalue weighted by Crippen LogP contribution is 2.40. The van der Waals surface area contributed by atoms with E-state index < -0.39 is 17.4 Å². The number of rotatable bonds is 1. The Hall–Kier alpha value is -1.38. The van der Waals surface area contributed by atoms with Crippen LogP contribution in [0.5, 0.6) is 0 Å². The highest BCUT2D eigenvalue weighted by Gasteiger charge is 2.51. The molecule has 1 N–H and O–H groups in total. The third kappa shape index (κ3) is 2.31. The second-order valence-electron chi connectivity index (χ2n) is 5.65. The van der Waals surface area contributed by atoms with Gasteiger partial charge in [0.25, 0.3) is 5.91 Å². The normalized spacial score (nSPS) is 18.9. The standard InChI is InChI=1S/C14H9BrClFN2O3S/c15-6-1-7(17)9-8(2-6)23-11(10(9)16)12(20)19-3-14(4-19)5-22-13(21)18-14/h1-2H,3-5H2,(H,18,21). The number of fused-ring (bicyclic) bond motifs is 1. The predicted molar refractivity (Wildman–Crippen MR) is 87.6 cm³/mol. The molecule has 0 atom stereocenters. The quantitative estimate of drug-likeness (QED) is 0.771. The van der Waals surface area contributed by atoms with E-state index in [4.69, 9.17) is 16.3 Å². The number of nitrogens with one attached hydrogen (secondary N) is 1. The van der Waals surface area contributed by atoms with E-state index in [0.29, 0.717) is 27.1 Å². The number of cyclic esters (lactones) is 1. The topological polar surface area (TPSA) is 58.6 Å². The first kappa shape index (κ1) is 15.2. The van der Waals surface area contributed by atoms with E-state index >= 15 is 0 Å². The van der Waals surface area contributed by atoms with Crippen molar-refractivity contribution in [3.05, 3.63) is 32.3 Å². The fraction of sp³-hybridized carbons (Fsp3) is 0.286. The number of nitrogens with zero attached hydrogens (tertiary/aromatic N) is 1. The van der Waals surface area contributed by atoms with Gasteiger partial charge in [-0.2, -0.15) is 0 Å². The largest absolute Gasteiger partial charge is 0.447 e. The molecule has 0 bridgehead atoms. The maximum Gasteiger partial charge on any atom is 0.407 e. The van der Waals surface area contributed by atoms with Crippen LogP contribution < -0.4 is 5.32 Å². The van der Waals surface area contributed by atoms with Crippen LogP contribution in [-0.2, 0) is 4.74 Å². The zero-order valence-electron chi connectivity index (χ0n) is 11.5. The Balaban J connectivity index is 1.63. The van der Waals surface area contributed by atoms with Crippen LogP contribution in [0.3, 0.4) is 0 Å². The number of thiophene rings is 1. The minimum atomic E-state index is -0.496. The summed E-state index contributed by atoms with van der Waals surface area (Å²) in [7, 11) is 0. The maximum absolute atomic E-state index is 14.1. The van der Waals surface area contributed by atoms with Crippen LogP contribution in [0.1, 0.15) is 9.67 Å². The summed E-state index contributed by atoms with van der Waals surface area (Å²) in [6, 6.07) is 3.05. The lowest BCUT2D eigenvalue weighted by atomic mass is 9.91. The Morgan fingerprint density at radius 1 is 1.48 bits per heavy atom. The molecule has 2 saturated heterocycles. The zero-order valence-corrected chi connectivity index (χ0v) is 14.6. The molecule has 2 aliphatic heterocycles. The number of carbonyl (C=O) groups is 2. The molecule has 0 saturated carbocycles. The first-order valence-corrected chi connectivity index (χ1v) is 8.69. The number of carbonyl (C=O) groups excluding carboxylic acids is 2. The van der Waals surface area contributed by atoms with Gasteiger partial charge in [-0.1, -0.05) is 27.5 Å². The molecule has 1 aromatic heterocycles. The van der Waals surface area contributed by atoms with E-state index in [2.05, 4.69) is 21.2 Å². The minimum absolute atomic E-state index is 0.132. The molecule has 1 aromatic carbocycles. The van der Waals surface area contributed by atoms with Gasteiger partial charge in [-0.05, 0) is 12.1 Å². The van der Waals surface area contributed by atoms with Crippen LogP contribution in [0.2, 0.25) is 5.02 Å². The lowest BCUT2D eigenvalue weighted by Gasteiger charge is -2.45. The Morgan fingerprint density at radius 2 is 2.22 bits per heavy atom. The van der Waals surface area contributed by atoms with Crippen molar-refractivity contribution >= 4 is 61.0 Å². The second-order valence-corrected chi connectivity index (χ2v) is 7.99. The van der Waals surface area contributed by atoms with Gasteiger partial charge in [-0.25, -0.2) is 9.18 Å². The van der Waals surface area contributed by atoms with E-state index in [-0.39, 0.29) is 22.9 Å². The van der Waals surface area contributed by atoms with Crippen LogP contribution >= 0.6 is 38.9 Å². The van der Waals surface area contributed by atoms with E-state index in [1.54, 1.807) is 11.0 Å². The summed E-state index contributed by atoms with van der Waals surface area (Å²) in [5.74, 6) is -0.732. The minimum Gasteiger partial charge on any atom is -0.447 e. The van der Waals surface area contributed by atoms with Crippen molar-refractivity contribution in [2.24, 2.45) is 0 Å². The smallest absolute Gasteiger partial charge is 0.407 e. The second kappa shape index (κ2) is 5.06. The Labute approximate surface area is 147 Å². The van der Waals surface area contributed by atoms with Gasteiger partial charge >= 0.3 is 6.09 Å². The van der Waals surface area contributed by atoms with E-state index in [9.17, 15) is 14.0 Å². The molecule has 9 heteroatoms. The number of ether oxygens (including phenoxy) is 1. The van der Waals surface area contributed by atoms with Gasteiger partial charge in [0.2, 0.25) is 0 Å². The molecule has 0 aliphatic carbocycles. The lowest BCUT2D eigenvalue weighted by Crippen LogP contribution is -2.69. The summed E-state index contributed by atoms with van der Waals surface area (Å²) in [6.07, 6.45) is -0.469. The number of likely N-dealkylation sites (tertiary alicyclic amines) is 1. The maximum atomic E-state index is 14.1. The Morgan fingerprint density at radius 3 is 2.87 bits per heavy atom. The Bertz CT molecular complexity index is 865. The zero-order chi connectivity index (χ0) is 16.4. The number of hydrogen-bond donors (Lipinski definition) is 1. The summed E-state index contributed by atoms with van der Waals surface area (Å²) in [5.41, 5.74) is -0.496. The van der Waals surface area contributed by atoms with Crippen molar-refractivity contribution in [3.8, 4) is 0 Å². The number of halogens is 3. The van der Waals surface area contributed by atoms with Crippen molar-refractivity contribution in [2.75, 3.05) is 19.7 Å². The lowest BCUT2D eigenvalue weighted by molar-refractivity contribution is 0.0322. The van der Waals surface area contributed by atoms with Crippen molar-refractivity contribution in [1.29, 1.82) is 0 Å². The highest BCUT2D eigenvalue weighted by molar-refractivity contribution is 9.10. The molecule has 0 radical (unpaired) electrons. The summed E-state index contributed by atoms with van der Waals surface area (Å²) >= 11 is 10.6. The molecule has 3 heterocycles. The predicted octanol–water partition coefficient (Wildman–Crippen LogP) is 3.39. The van der Waals surface area contributed by atoms with Crippen LogP contribution in [-0.4, -0.2) is 42.1 Å². The fourth-order valence-electron chi connectivity index (χ4n) is 2.88. The molecular weight excluding hydrogens is 411 g/mol. The first-order valence-electron chi connectivity index (χ1n) is 6.70. The van der Waals surface area contributed by atoms with Crippen molar-refractivity contribution in [3.63, 3.8) is 0 Å². The summed E-state index contributed by atoms with van der Waals surface area (Å²) in [5, 5.41) is 3.10. The van der Waals surface area contributed by atoms with Crippen molar-refractivity contribution in [2.45, 2.75) is 5.54 Å². The molecule has 2 aliphatic rings. The van der Waals surface area contributed by atoms with Crippen molar-refractivity contribution in [1.82, 2.24) is 10.2 Å². The van der Waals surface area contributed by atoms with Gasteiger partial charge in [-0.3, -0.25) is 4.79 Å². The monoisotopic (exact) mass is 418 g/mol. The Kier molecular flexibility index (Phi) is 3.33. The third-order valence-corrected chi connectivity index (χ3v) is 6.04. The number of amides is 2. The van der Waals surface area contributed by atoms with Crippen LogP contribution in [0.25, 0.3) is 10.1 Å². The molecule has 23 heavy (non-hydrogen) atoms. The van der Waals surface area contributed by atoms with E-state index in [0.717, 1.165) is 11.3 Å². The van der Waals surface area contributed by atoms with Gasteiger partial charge in [0, 0.05) is 27.6 Å². The fourth-order valence-corrected chi connectivity index (χ4v) is 5.03. The number of benzene rings is 1. The van der Waals surface area contributed by atoms with Gasteiger partial charge in [0.15, 0.2) is 0 Å². The van der Waals surface area contributed by atoms with E-state index in [1.807, 2.05) is 0 Å². The average Bonchev–Trinajstić information content (AvgIpc) is 2.97. The number of alkyl carbamates (subject to hydrolysis) is 1. The summed E-state index contributed by atoms with van der Waals surface area (Å²) in [6.45, 7) is 0.958. The molecule has 1 spiro atoms. The summed E-state index contributed by atoms with van der Waals surface area (Å²) < 4.78 is 20.1. The first-order chi connectivity index (χ1) is 10.9. The van der Waals surface area contributed by atoms with Gasteiger partial charge < -0.3 is 15.0 Å². The molecule has 0 unspecified atom stereocenters. The van der Waals surface area contributed by atoms with Crippen LogP contribution in [0, 0.1) is 5.82 Å². The molecule has 5 nitrogen and oxygen atoms in total. The van der Waals surface area contributed by atoms with Crippen molar-refractivity contribution < 1.29 is 18.7 Å². The molecule has 2 aromatic rings. The average molecular weight is 420 g/mol. The highest BCUT2D eigenvalue weighted by atomic mass is 79.9. The van der Waals surface area contributed by atoms with Gasteiger partial charge in [-0.15, -0.1) is 11.3 Å². The molecular formula is C14H9BrClFN2O3S. The summed E-state index contributed by atoms with van der Waals surface area (Å²) in [4.78, 5) is 25.6. The third-order valence-electron chi connectivity index (χ3n) is 3.96. The van der Waals surface area contributed by atoms with Crippen LogP contribution in [0.15, 0.2) is 16.6 Å². The number of hydrogen-bond acceptors (Lipinski definition) is 4.